The van der Waals surface area contributed by atoms with Crippen molar-refractivity contribution in [3.8, 4) is 5.88 Å². The molecule has 0 aliphatic rings. The van der Waals surface area contributed by atoms with Crippen molar-refractivity contribution in [2.24, 2.45) is 0 Å². The Labute approximate surface area is 110 Å². The Morgan fingerprint density at radius 3 is 2.61 bits per heavy atom. The minimum absolute atomic E-state index is 0.203. The number of ketones is 1. The second-order valence-corrected chi connectivity index (χ2v) is 3.66. The van der Waals surface area contributed by atoms with Gasteiger partial charge in [0.05, 0.1) is 0 Å². The molecular weight excluding hydrogens is 228 g/mol. The van der Waals surface area contributed by atoms with Gasteiger partial charge in [-0.1, -0.05) is 19.9 Å². The first-order valence-corrected chi connectivity index (χ1v) is 6.44. The fraction of sp³-hybridized carbons (Fsp3) is 0.571. The van der Waals surface area contributed by atoms with E-state index in [1.165, 1.54) is 0 Å². The molecule has 0 fully saturated rings. The molecule has 1 aromatic heterocycles. The highest BCUT2D eigenvalue weighted by atomic mass is 16.5. The van der Waals surface area contributed by atoms with Crippen LogP contribution in [0.15, 0.2) is 18.3 Å². The van der Waals surface area contributed by atoms with Crippen molar-refractivity contribution in [1.29, 1.82) is 0 Å². The van der Waals surface area contributed by atoms with E-state index in [2.05, 4.69) is 10.3 Å². The lowest BCUT2D eigenvalue weighted by molar-refractivity contribution is -0.116. The molecule has 0 amide bonds. The summed E-state index contributed by atoms with van der Waals surface area (Å²) in [6, 6.07) is 3.79. The largest absolute Gasteiger partial charge is 0.476 e. The molecule has 1 rings (SSSR count). The van der Waals surface area contributed by atoms with Crippen molar-refractivity contribution in [3.05, 3.63) is 23.9 Å². The van der Waals surface area contributed by atoms with Crippen molar-refractivity contribution in [3.63, 3.8) is 0 Å². The van der Waals surface area contributed by atoms with E-state index in [0.29, 0.717) is 18.9 Å². The van der Waals surface area contributed by atoms with Crippen LogP contribution in [0.3, 0.4) is 0 Å². The summed E-state index contributed by atoms with van der Waals surface area (Å²) in [5.74, 6) is 0.830. The standard InChI is InChI=1S/C12H18N2O2.C2H6/c1-10(15)3-4-11-5-6-12(14-9-11)16-8-7-13-2;1-2/h5-6,9,13H,3-4,7-8H2,1-2H3;1-2H3. The van der Waals surface area contributed by atoms with Crippen molar-refractivity contribution in [2.75, 3.05) is 20.2 Å². The summed E-state index contributed by atoms with van der Waals surface area (Å²) in [7, 11) is 1.88. The summed E-state index contributed by atoms with van der Waals surface area (Å²) < 4.78 is 5.39. The number of hydrogen-bond donors (Lipinski definition) is 1. The van der Waals surface area contributed by atoms with Gasteiger partial charge in [-0.05, 0) is 26.0 Å². The van der Waals surface area contributed by atoms with Gasteiger partial charge in [-0.2, -0.15) is 0 Å². The molecule has 0 aliphatic heterocycles. The van der Waals surface area contributed by atoms with E-state index in [1.807, 2.05) is 33.0 Å². The molecule has 18 heavy (non-hydrogen) atoms. The van der Waals surface area contributed by atoms with Crippen LogP contribution < -0.4 is 10.1 Å². The SMILES string of the molecule is CC.CNCCOc1ccc(CCC(C)=O)cn1. The van der Waals surface area contributed by atoms with Crippen molar-refractivity contribution in [2.45, 2.75) is 33.6 Å². The van der Waals surface area contributed by atoms with Gasteiger partial charge in [-0.15, -0.1) is 0 Å². The van der Waals surface area contributed by atoms with Crippen LogP contribution in [-0.4, -0.2) is 31.0 Å². The van der Waals surface area contributed by atoms with Gasteiger partial charge in [-0.25, -0.2) is 4.98 Å². The smallest absolute Gasteiger partial charge is 0.213 e. The van der Waals surface area contributed by atoms with E-state index in [9.17, 15) is 4.79 Å². The van der Waals surface area contributed by atoms with Crippen molar-refractivity contribution >= 4 is 5.78 Å². The molecule has 1 N–H and O–H groups in total. The molecule has 4 nitrogen and oxygen atoms in total. The molecule has 0 saturated carbocycles. The Morgan fingerprint density at radius 1 is 1.39 bits per heavy atom. The predicted octanol–water partition coefficient (Wildman–Crippen LogP) is 2.23. The lowest BCUT2D eigenvalue weighted by Gasteiger charge is -2.05. The predicted molar refractivity (Wildman–Crippen MR) is 74.0 cm³/mol. The number of likely N-dealkylation sites (N-methyl/N-ethyl adjacent to an activating group) is 1. The van der Waals surface area contributed by atoms with Crippen LogP contribution in [0.4, 0.5) is 0 Å². The maximum atomic E-state index is 10.8. The zero-order valence-corrected chi connectivity index (χ0v) is 11.8. The maximum Gasteiger partial charge on any atom is 0.213 e. The summed E-state index contributed by atoms with van der Waals surface area (Å²) in [6.45, 7) is 7.01. The third kappa shape index (κ3) is 7.79. The van der Waals surface area contributed by atoms with E-state index >= 15 is 0 Å². The van der Waals surface area contributed by atoms with Crippen LogP contribution in [0.25, 0.3) is 0 Å². The van der Waals surface area contributed by atoms with E-state index in [1.54, 1.807) is 13.1 Å². The number of aryl methyl sites for hydroxylation is 1. The molecule has 0 aromatic carbocycles. The lowest BCUT2D eigenvalue weighted by Crippen LogP contribution is -2.16. The first kappa shape index (κ1) is 16.6. The minimum atomic E-state index is 0.203. The maximum absolute atomic E-state index is 10.8. The van der Waals surface area contributed by atoms with E-state index < -0.39 is 0 Å². The van der Waals surface area contributed by atoms with Crippen LogP contribution in [0.5, 0.6) is 5.88 Å². The number of carbonyl (C=O) groups excluding carboxylic acids is 1. The summed E-state index contributed by atoms with van der Waals surface area (Å²) in [6.07, 6.45) is 3.08. The van der Waals surface area contributed by atoms with Gasteiger partial charge in [0.2, 0.25) is 5.88 Å². The average Bonchev–Trinajstić information content (AvgIpc) is 2.40. The fourth-order valence-electron chi connectivity index (χ4n) is 1.22. The van der Waals surface area contributed by atoms with E-state index in [0.717, 1.165) is 18.5 Å². The first-order chi connectivity index (χ1) is 8.72. The normalized spacial score (nSPS) is 9.33. The Hall–Kier alpha value is -1.42. The minimum Gasteiger partial charge on any atom is -0.476 e. The van der Waals surface area contributed by atoms with Crippen LogP contribution in [0.1, 0.15) is 32.8 Å². The molecule has 0 unspecified atom stereocenters. The Kier molecular flexibility index (Phi) is 9.87. The zero-order chi connectivity index (χ0) is 13.8. The first-order valence-electron chi connectivity index (χ1n) is 6.44. The summed E-state index contributed by atoms with van der Waals surface area (Å²) in [4.78, 5) is 15.0. The van der Waals surface area contributed by atoms with Gasteiger partial charge < -0.3 is 14.8 Å². The molecular formula is C14H24N2O2. The molecule has 0 radical (unpaired) electrons. The molecule has 0 atom stereocenters. The van der Waals surface area contributed by atoms with Gasteiger partial charge in [0.15, 0.2) is 0 Å². The summed E-state index contributed by atoms with van der Waals surface area (Å²) in [5, 5.41) is 2.99. The van der Waals surface area contributed by atoms with Crippen molar-refractivity contribution in [1.82, 2.24) is 10.3 Å². The van der Waals surface area contributed by atoms with Gasteiger partial charge in [-0.3, -0.25) is 0 Å². The number of rotatable bonds is 7. The summed E-state index contributed by atoms with van der Waals surface area (Å²) >= 11 is 0. The Morgan fingerprint density at radius 2 is 2.11 bits per heavy atom. The fourth-order valence-corrected chi connectivity index (χ4v) is 1.22. The molecule has 0 saturated heterocycles. The molecule has 1 aromatic rings. The highest BCUT2D eigenvalue weighted by molar-refractivity contribution is 5.75. The van der Waals surface area contributed by atoms with Crippen LogP contribution in [0.2, 0.25) is 0 Å². The average molecular weight is 252 g/mol. The monoisotopic (exact) mass is 252 g/mol. The topological polar surface area (TPSA) is 51.2 Å². The molecule has 4 heteroatoms. The second kappa shape index (κ2) is 10.7. The van der Waals surface area contributed by atoms with Gasteiger partial charge in [0, 0.05) is 25.2 Å². The number of Topliss-reactive ketones (excluding diaryl/α,β-unsaturated/α-hetero) is 1. The third-order valence-corrected chi connectivity index (χ3v) is 2.17. The van der Waals surface area contributed by atoms with Crippen molar-refractivity contribution < 1.29 is 9.53 Å². The Balaban J connectivity index is 0.00000137. The molecule has 1 heterocycles. The lowest BCUT2D eigenvalue weighted by atomic mass is 10.1. The van der Waals surface area contributed by atoms with Gasteiger partial charge >= 0.3 is 0 Å². The zero-order valence-electron chi connectivity index (χ0n) is 11.8. The number of nitrogens with zero attached hydrogens (tertiary/aromatic N) is 1. The highest BCUT2D eigenvalue weighted by Gasteiger charge is 1.99. The van der Waals surface area contributed by atoms with Crippen LogP contribution in [0, 0.1) is 0 Å². The van der Waals surface area contributed by atoms with Gasteiger partial charge in [0.25, 0.3) is 0 Å². The molecule has 0 bridgehead atoms. The number of ether oxygens (including phenoxy) is 1. The van der Waals surface area contributed by atoms with E-state index in [4.69, 9.17) is 4.74 Å². The number of aromatic nitrogens is 1. The quantitative estimate of drug-likeness (QED) is 0.756. The number of carbonyl (C=O) groups is 1. The van der Waals surface area contributed by atoms with Crippen LogP contribution in [-0.2, 0) is 11.2 Å². The number of nitrogens with one attached hydrogen (secondary N) is 1. The summed E-state index contributed by atoms with van der Waals surface area (Å²) in [5.41, 5.74) is 1.07. The molecule has 0 aliphatic carbocycles. The van der Waals surface area contributed by atoms with Gasteiger partial charge in [0.1, 0.15) is 12.4 Å². The number of pyridine rings is 1. The molecule has 0 spiro atoms. The van der Waals surface area contributed by atoms with E-state index in [-0.39, 0.29) is 5.78 Å². The molecule has 102 valence electrons. The third-order valence-electron chi connectivity index (χ3n) is 2.17. The Bertz CT molecular complexity index is 323. The van der Waals surface area contributed by atoms with Crippen LogP contribution >= 0.6 is 0 Å². The second-order valence-electron chi connectivity index (χ2n) is 3.66. The number of hydrogen-bond acceptors (Lipinski definition) is 4. The highest BCUT2D eigenvalue weighted by Crippen LogP contribution is 2.09.